The Bertz CT molecular complexity index is 522. The van der Waals surface area contributed by atoms with Crippen LogP contribution in [0.3, 0.4) is 0 Å². The lowest BCUT2D eigenvalue weighted by Gasteiger charge is -2.17. The number of hydrogen-bond acceptors (Lipinski definition) is 3. The Balaban J connectivity index is 2.42. The van der Waals surface area contributed by atoms with Crippen LogP contribution in [0.4, 0.5) is 0 Å². The SMILES string of the molecule is Cc1ccc(C(NN)c2ccc(Cl)s2)c(C)c1. The fourth-order valence-electron chi connectivity index (χ4n) is 1.96. The van der Waals surface area contributed by atoms with Crippen molar-refractivity contribution < 1.29 is 0 Å². The molecule has 0 aliphatic rings. The van der Waals surface area contributed by atoms with Gasteiger partial charge in [-0.3, -0.25) is 5.84 Å². The lowest BCUT2D eigenvalue weighted by atomic mass is 9.99. The van der Waals surface area contributed by atoms with Gasteiger partial charge in [-0.2, -0.15) is 0 Å². The van der Waals surface area contributed by atoms with Gasteiger partial charge in [-0.05, 0) is 37.1 Å². The topological polar surface area (TPSA) is 38.0 Å². The molecule has 1 atom stereocenters. The van der Waals surface area contributed by atoms with Crippen LogP contribution in [0.1, 0.15) is 27.6 Å². The Hall–Kier alpha value is -0.870. The molecule has 0 spiro atoms. The van der Waals surface area contributed by atoms with Gasteiger partial charge in [0.25, 0.3) is 0 Å². The van der Waals surface area contributed by atoms with Gasteiger partial charge in [0, 0.05) is 4.88 Å². The minimum Gasteiger partial charge on any atom is -0.271 e. The highest BCUT2D eigenvalue weighted by atomic mass is 35.5. The fourth-order valence-corrected chi connectivity index (χ4v) is 3.10. The summed E-state index contributed by atoms with van der Waals surface area (Å²) in [4.78, 5) is 1.13. The molecule has 0 aliphatic heterocycles. The predicted octanol–water partition coefficient (Wildman–Crippen LogP) is 3.57. The third-order valence-electron chi connectivity index (χ3n) is 2.78. The third kappa shape index (κ3) is 2.69. The molecule has 1 aromatic heterocycles. The second-order valence-electron chi connectivity index (χ2n) is 4.10. The van der Waals surface area contributed by atoms with E-state index in [-0.39, 0.29) is 6.04 Å². The van der Waals surface area contributed by atoms with Crippen LogP contribution < -0.4 is 11.3 Å². The molecule has 0 amide bonds. The van der Waals surface area contributed by atoms with Gasteiger partial charge < -0.3 is 0 Å². The minimum absolute atomic E-state index is 0.00750. The van der Waals surface area contributed by atoms with E-state index >= 15 is 0 Å². The van der Waals surface area contributed by atoms with Crippen LogP contribution in [0.2, 0.25) is 4.34 Å². The van der Waals surface area contributed by atoms with E-state index in [9.17, 15) is 0 Å². The van der Waals surface area contributed by atoms with Gasteiger partial charge in [-0.1, -0.05) is 35.4 Å². The van der Waals surface area contributed by atoms with E-state index in [1.54, 1.807) is 11.3 Å². The lowest BCUT2D eigenvalue weighted by molar-refractivity contribution is 0.643. The van der Waals surface area contributed by atoms with Crippen molar-refractivity contribution >= 4 is 22.9 Å². The molecule has 2 aromatic rings. The molecule has 1 aromatic carbocycles. The molecule has 2 rings (SSSR count). The maximum Gasteiger partial charge on any atom is 0.0931 e. The van der Waals surface area contributed by atoms with E-state index in [1.807, 2.05) is 12.1 Å². The number of halogens is 1. The monoisotopic (exact) mass is 266 g/mol. The van der Waals surface area contributed by atoms with Crippen molar-refractivity contribution in [2.45, 2.75) is 19.9 Å². The first-order valence-corrected chi connectivity index (χ1v) is 6.60. The highest BCUT2D eigenvalue weighted by molar-refractivity contribution is 7.16. The van der Waals surface area contributed by atoms with E-state index in [4.69, 9.17) is 17.4 Å². The normalized spacial score (nSPS) is 12.7. The third-order valence-corrected chi connectivity index (χ3v) is 4.08. The average Bonchev–Trinajstić information content (AvgIpc) is 2.69. The first kappa shape index (κ1) is 12.6. The second kappa shape index (κ2) is 5.19. The number of hydrazine groups is 1. The first-order valence-electron chi connectivity index (χ1n) is 5.40. The van der Waals surface area contributed by atoms with Crippen LogP contribution in [0.5, 0.6) is 0 Å². The van der Waals surface area contributed by atoms with Crippen molar-refractivity contribution in [3.63, 3.8) is 0 Å². The average molecular weight is 267 g/mol. The van der Waals surface area contributed by atoms with Crippen LogP contribution in [0, 0.1) is 13.8 Å². The molecule has 2 nitrogen and oxygen atoms in total. The number of nitrogens with one attached hydrogen (secondary N) is 1. The molecule has 0 fully saturated rings. The van der Waals surface area contributed by atoms with E-state index in [1.165, 1.54) is 16.7 Å². The maximum atomic E-state index is 5.96. The number of aryl methyl sites for hydroxylation is 2. The van der Waals surface area contributed by atoms with Crippen LogP contribution >= 0.6 is 22.9 Å². The fraction of sp³-hybridized carbons (Fsp3) is 0.231. The Morgan fingerprint density at radius 3 is 2.53 bits per heavy atom. The lowest BCUT2D eigenvalue weighted by Crippen LogP contribution is -2.28. The molecule has 0 saturated heterocycles. The summed E-state index contributed by atoms with van der Waals surface area (Å²) in [7, 11) is 0. The molecular weight excluding hydrogens is 252 g/mol. The van der Waals surface area contributed by atoms with Crippen molar-refractivity contribution in [3.8, 4) is 0 Å². The zero-order chi connectivity index (χ0) is 12.4. The maximum absolute atomic E-state index is 5.96. The minimum atomic E-state index is 0.00750. The van der Waals surface area contributed by atoms with Gasteiger partial charge in [-0.25, -0.2) is 5.43 Å². The second-order valence-corrected chi connectivity index (χ2v) is 5.85. The predicted molar refractivity (Wildman–Crippen MR) is 74.4 cm³/mol. The Labute approximate surface area is 110 Å². The molecule has 3 N–H and O–H groups in total. The summed E-state index contributed by atoms with van der Waals surface area (Å²) in [5.74, 6) is 5.67. The Kier molecular flexibility index (Phi) is 3.84. The molecule has 0 aliphatic carbocycles. The van der Waals surface area contributed by atoms with Gasteiger partial charge >= 0.3 is 0 Å². The largest absolute Gasteiger partial charge is 0.271 e. The number of thiophene rings is 1. The summed E-state index contributed by atoms with van der Waals surface area (Å²) in [5, 5.41) is 0. The molecule has 17 heavy (non-hydrogen) atoms. The molecule has 0 saturated carbocycles. The van der Waals surface area contributed by atoms with Crippen LogP contribution in [-0.4, -0.2) is 0 Å². The van der Waals surface area contributed by atoms with Crippen molar-refractivity contribution in [1.82, 2.24) is 5.43 Å². The van der Waals surface area contributed by atoms with Crippen molar-refractivity contribution in [1.29, 1.82) is 0 Å². The molecule has 0 radical (unpaired) electrons. The van der Waals surface area contributed by atoms with Gasteiger partial charge in [0.1, 0.15) is 0 Å². The summed E-state index contributed by atoms with van der Waals surface area (Å²) >= 11 is 7.51. The number of nitrogens with two attached hydrogens (primary N) is 1. The van der Waals surface area contributed by atoms with Crippen LogP contribution in [0.15, 0.2) is 30.3 Å². The standard InChI is InChI=1S/C13H15ClN2S/c1-8-3-4-10(9(2)7-8)13(16-15)11-5-6-12(14)17-11/h3-7,13,16H,15H2,1-2H3. The number of rotatable bonds is 3. The molecule has 1 heterocycles. The van der Waals surface area contributed by atoms with Gasteiger partial charge in [0.2, 0.25) is 0 Å². The Morgan fingerprint density at radius 1 is 1.24 bits per heavy atom. The van der Waals surface area contributed by atoms with Gasteiger partial charge in [-0.15, -0.1) is 11.3 Å². The quantitative estimate of drug-likeness (QED) is 0.658. The zero-order valence-electron chi connectivity index (χ0n) is 9.83. The van der Waals surface area contributed by atoms with Crippen LogP contribution in [0.25, 0.3) is 0 Å². The summed E-state index contributed by atoms with van der Waals surface area (Å²) in [6, 6.07) is 10.3. The first-order chi connectivity index (χ1) is 8.11. The van der Waals surface area contributed by atoms with Gasteiger partial charge in [0.15, 0.2) is 0 Å². The molecule has 0 bridgehead atoms. The van der Waals surface area contributed by atoms with Crippen molar-refractivity contribution in [2.75, 3.05) is 0 Å². The summed E-state index contributed by atoms with van der Waals surface area (Å²) < 4.78 is 0.782. The molecule has 1 unspecified atom stereocenters. The summed E-state index contributed by atoms with van der Waals surface area (Å²) in [6.07, 6.45) is 0. The van der Waals surface area contributed by atoms with E-state index in [0.29, 0.717) is 0 Å². The molecular formula is C13H15ClN2S. The highest BCUT2D eigenvalue weighted by Gasteiger charge is 2.16. The number of benzene rings is 1. The molecule has 4 heteroatoms. The van der Waals surface area contributed by atoms with E-state index in [2.05, 4.69) is 37.5 Å². The number of hydrogen-bond donors (Lipinski definition) is 2. The zero-order valence-corrected chi connectivity index (χ0v) is 11.4. The summed E-state index contributed by atoms with van der Waals surface area (Å²) in [5.41, 5.74) is 6.54. The summed E-state index contributed by atoms with van der Waals surface area (Å²) in [6.45, 7) is 4.19. The molecule has 90 valence electrons. The van der Waals surface area contributed by atoms with E-state index < -0.39 is 0 Å². The van der Waals surface area contributed by atoms with Crippen molar-refractivity contribution in [3.05, 3.63) is 56.2 Å². The van der Waals surface area contributed by atoms with E-state index in [0.717, 1.165) is 9.21 Å². The van der Waals surface area contributed by atoms with Crippen LogP contribution in [-0.2, 0) is 0 Å². The smallest absolute Gasteiger partial charge is 0.0931 e. The van der Waals surface area contributed by atoms with Gasteiger partial charge in [0.05, 0.1) is 10.4 Å². The highest BCUT2D eigenvalue weighted by Crippen LogP contribution is 2.32. The van der Waals surface area contributed by atoms with Crippen molar-refractivity contribution in [2.24, 2.45) is 5.84 Å². The Morgan fingerprint density at radius 2 is 2.00 bits per heavy atom.